The number of nitrogens with one attached hydrogen (secondary N) is 1. The van der Waals surface area contributed by atoms with Crippen LogP contribution in [0, 0.1) is 17.3 Å². The topological polar surface area (TPSA) is 12.0 Å². The number of hydrogen-bond donors (Lipinski definition) is 1. The number of rotatable bonds is 0. The van der Waals surface area contributed by atoms with Gasteiger partial charge in [0.1, 0.15) is 0 Å². The summed E-state index contributed by atoms with van der Waals surface area (Å²) in [6.07, 6.45) is 1.40. The van der Waals surface area contributed by atoms with Crippen molar-refractivity contribution in [2.24, 2.45) is 17.3 Å². The Morgan fingerprint density at radius 3 is 2.27 bits per heavy atom. The van der Waals surface area contributed by atoms with E-state index in [0.717, 1.165) is 11.8 Å². The molecule has 0 aromatic carbocycles. The maximum absolute atomic E-state index is 3.70. The van der Waals surface area contributed by atoms with Crippen molar-refractivity contribution in [3.8, 4) is 0 Å². The molecule has 1 saturated heterocycles. The second-order valence-corrected chi connectivity index (χ2v) is 5.23. The van der Waals surface area contributed by atoms with Gasteiger partial charge in [0.15, 0.2) is 0 Å². The highest BCUT2D eigenvalue weighted by atomic mass is 15.1. The van der Waals surface area contributed by atoms with E-state index in [1.54, 1.807) is 0 Å². The van der Waals surface area contributed by atoms with Gasteiger partial charge in [-0.1, -0.05) is 27.7 Å². The monoisotopic (exact) mass is 153 g/mol. The van der Waals surface area contributed by atoms with Gasteiger partial charge in [0.25, 0.3) is 0 Å². The van der Waals surface area contributed by atoms with Crippen molar-refractivity contribution in [1.82, 2.24) is 5.32 Å². The smallest absolute Gasteiger partial charge is 0.0290 e. The Morgan fingerprint density at radius 2 is 2.00 bits per heavy atom. The first kappa shape index (κ1) is 7.60. The highest BCUT2D eigenvalue weighted by molar-refractivity contribution is 5.24. The largest absolute Gasteiger partial charge is 0.310 e. The minimum absolute atomic E-state index is 0.452. The lowest BCUT2D eigenvalue weighted by Crippen LogP contribution is -2.42. The van der Waals surface area contributed by atoms with E-state index in [1.165, 1.54) is 13.0 Å². The average molecular weight is 153 g/mol. The summed E-state index contributed by atoms with van der Waals surface area (Å²) in [5, 5.41) is 3.70. The Bertz CT molecular complexity index is 180. The van der Waals surface area contributed by atoms with Gasteiger partial charge in [0.2, 0.25) is 0 Å². The van der Waals surface area contributed by atoms with Crippen molar-refractivity contribution in [3.63, 3.8) is 0 Å². The zero-order valence-electron chi connectivity index (χ0n) is 8.07. The second kappa shape index (κ2) is 1.82. The fraction of sp³-hybridized carbons (Fsp3) is 1.00. The predicted octanol–water partition coefficient (Wildman–Crippen LogP) is 2.03. The van der Waals surface area contributed by atoms with Gasteiger partial charge >= 0.3 is 0 Å². The molecule has 1 N–H and O–H groups in total. The van der Waals surface area contributed by atoms with Gasteiger partial charge in [-0.3, -0.25) is 0 Å². The molecule has 1 saturated carbocycles. The van der Waals surface area contributed by atoms with Gasteiger partial charge in [0.05, 0.1) is 0 Å². The van der Waals surface area contributed by atoms with Crippen molar-refractivity contribution < 1.29 is 0 Å². The van der Waals surface area contributed by atoms with Crippen LogP contribution in [-0.4, -0.2) is 12.1 Å². The van der Waals surface area contributed by atoms with Crippen molar-refractivity contribution in [1.29, 1.82) is 0 Å². The Balaban J connectivity index is 2.24. The fourth-order valence-electron chi connectivity index (χ4n) is 3.36. The summed E-state index contributed by atoms with van der Waals surface area (Å²) in [6.45, 7) is 10.7. The van der Waals surface area contributed by atoms with Crippen LogP contribution in [0.5, 0.6) is 0 Å². The van der Waals surface area contributed by atoms with Crippen molar-refractivity contribution in [3.05, 3.63) is 0 Å². The zero-order valence-corrected chi connectivity index (χ0v) is 8.07. The summed E-state index contributed by atoms with van der Waals surface area (Å²) in [7, 11) is 0. The summed E-state index contributed by atoms with van der Waals surface area (Å²) in [5.74, 6) is 1.89. The zero-order chi connectivity index (χ0) is 8.28. The van der Waals surface area contributed by atoms with E-state index >= 15 is 0 Å². The molecule has 0 amide bonds. The maximum Gasteiger partial charge on any atom is 0.0290 e. The molecule has 1 heterocycles. The van der Waals surface area contributed by atoms with Crippen LogP contribution in [0.15, 0.2) is 0 Å². The minimum Gasteiger partial charge on any atom is -0.310 e. The first-order chi connectivity index (χ1) is 5.00. The van der Waals surface area contributed by atoms with Crippen molar-refractivity contribution in [2.75, 3.05) is 6.54 Å². The van der Waals surface area contributed by atoms with Crippen molar-refractivity contribution in [2.45, 2.75) is 39.7 Å². The summed E-state index contributed by atoms with van der Waals surface area (Å²) >= 11 is 0. The lowest BCUT2D eigenvalue weighted by Gasteiger charge is -2.31. The van der Waals surface area contributed by atoms with Crippen LogP contribution in [0.1, 0.15) is 34.1 Å². The number of piperidine rings is 1. The molecule has 2 unspecified atom stereocenters. The molecule has 2 aliphatic rings. The predicted molar refractivity (Wildman–Crippen MR) is 47.5 cm³/mol. The molecular formula is C10H19N. The van der Waals surface area contributed by atoms with E-state index in [4.69, 9.17) is 0 Å². The summed E-state index contributed by atoms with van der Waals surface area (Å²) in [6, 6.07) is 0. The molecule has 0 bridgehead atoms. The van der Waals surface area contributed by atoms with Crippen LogP contribution in [0.2, 0.25) is 0 Å². The van der Waals surface area contributed by atoms with Crippen molar-refractivity contribution >= 4 is 0 Å². The Kier molecular flexibility index (Phi) is 1.26. The summed E-state index contributed by atoms with van der Waals surface area (Å²) in [5.41, 5.74) is 0.959. The molecule has 1 aliphatic heterocycles. The standard InChI is InChI=1S/C10H19N/c1-7-8-5-6-11-10(7,8)9(2,3)4/h7-8,11H,5-6H2,1-4H3/t7?,8?,10-/m0/s1. The molecule has 1 aliphatic carbocycles. The van der Waals surface area contributed by atoms with E-state index in [0.29, 0.717) is 11.0 Å². The molecule has 2 rings (SSSR count). The summed E-state index contributed by atoms with van der Waals surface area (Å²) in [4.78, 5) is 0. The highest BCUT2D eigenvalue weighted by Crippen LogP contribution is 2.63. The SMILES string of the molecule is CC1C2CCN[C@@]12C(C)(C)C. The minimum atomic E-state index is 0.452. The first-order valence-electron chi connectivity index (χ1n) is 4.75. The van der Waals surface area contributed by atoms with Gasteiger partial charge in [-0.25, -0.2) is 0 Å². The number of fused-ring (bicyclic) bond motifs is 1. The van der Waals surface area contributed by atoms with E-state index in [-0.39, 0.29) is 0 Å². The normalized spacial score (nSPS) is 49.1. The van der Waals surface area contributed by atoms with Gasteiger partial charge < -0.3 is 5.32 Å². The summed E-state index contributed by atoms with van der Waals surface area (Å²) < 4.78 is 0. The molecule has 0 spiro atoms. The van der Waals surface area contributed by atoms with E-state index < -0.39 is 0 Å². The van der Waals surface area contributed by atoms with Gasteiger partial charge in [0, 0.05) is 5.54 Å². The van der Waals surface area contributed by atoms with Gasteiger partial charge in [-0.15, -0.1) is 0 Å². The lowest BCUT2D eigenvalue weighted by atomic mass is 9.82. The maximum atomic E-state index is 3.70. The molecule has 11 heavy (non-hydrogen) atoms. The molecule has 1 nitrogen and oxygen atoms in total. The molecule has 3 atom stereocenters. The Labute approximate surface area is 69.6 Å². The molecule has 2 fully saturated rings. The van der Waals surface area contributed by atoms with Crippen LogP contribution in [0.4, 0.5) is 0 Å². The van der Waals surface area contributed by atoms with Crippen LogP contribution >= 0.6 is 0 Å². The average Bonchev–Trinajstić information content (AvgIpc) is 2.37. The molecule has 1 heteroatoms. The molecule has 0 aromatic heterocycles. The highest BCUT2D eigenvalue weighted by Gasteiger charge is 2.69. The lowest BCUT2D eigenvalue weighted by molar-refractivity contribution is 0.242. The third kappa shape index (κ3) is 0.703. The van der Waals surface area contributed by atoms with Crippen LogP contribution in [0.25, 0.3) is 0 Å². The molecule has 0 aromatic rings. The van der Waals surface area contributed by atoms with Crippen LogP contribution in [-0.2, 0) is 0 Å². The fourth-order valence-corrected chi connectivity index (χ4v) is 3.36. The quantitative estimate of drug-likeness (QED) is 0.561. The van der Waals surface area contributed by atoms with Gasteiger partial charge in [-0.05, 0) is 30.2 Å². The van der Waals surface area contributed by atoms with E-state index in [2.05, 4.69) is 33.0 Å². The van der Waals surface area contributed by atoms with E-state index in [1.807, 2.05) is 0 Å². The molecular weight excluding hydrogens is 134 g/mol. The van der Waals surface area contributed by atoms with Crippen LogP contribution in [0.3, 0.4) is 0 Å². The third-order valence-electron chi connectivity index (χ3n) is 3.91. The number of hydrogen-bond acceptors (Lipinski definition) is 1. The van der Waals surface area contributed by atoms with Gasteiger partial charge in [-0.2, -0.15) is 0 Å². The second-order valence-electron chi connectivity index (χ2n) is 5.23. The Hall–Kier alpha value is -0.0400. The van der Waals surface area contributed by atoms with Crippen LogP contribution < -0.4 is 5.32 Å². The Morgan fingerprint density at radius 1 is 1.36 bits per heavy atom. The third-order valence-corrected chi connectivity index (χ3v) is 3.91. The van der Waals surface area contributed by atoms with E-state index in [9.17, 15) is 0 Å². The molecule has 64 valence electrons. The first-order valence-corrected chi connectivity index (χ1v) is 4.75. The molecule has 0 radical (unpaired) electrons.